The molecule has 0 aromatic heterocycles. The van der Waals surface area contributed by atoms with Crippen molar-refractivity contribution in [2.24, 2.45) is 0 Å². The van der Waals surface area contributed by atoms with Crippen LogP contribution in [0.25, 0.3) is 0 Å². The number of para-hydroxylation sites is 1. The van der Waals surface area contributed by atoms with Crippen molar-refractivity contribution < 1.29 is 19.4 Å². The molecular weight excluding hydrogens is 411 g/mol. The van der Waals surface area contributed by atoms with Crippen molar-refractivity contribution in [2.75, 3.05) is 19.1 Å². The van der Waals surface area contributed by atoms with E-state index in [2.05, 4.69) is 33.4 Å². The number of aliphatic carboxylic acids is 1. The Morgan fingerprint density at radius 2 is 2.00 bits per heavy atom. The van der Waals surface area contributed by atoms with Crippen LogP contribution >= 0.6 is 22.6 Å². The molecule has 0 bridgehead atoms. The molecule has 0 aliphatic rings. The molecular formula is C16H17IN2O4. The van der Waals surface area contributed by atoms with Crippen molar-refractivity contribution in [3.63, 3.8) is 0 Å². The van der Waals surface area contributed by atoms with Crippen molar-refractivity contribution >= 4 is 34.2 Å². The van der Waals surface area contributed by atoms with E-state index in [0.717, 1.165) is 14.8 Å². The van der Waals surface area contributed by atoms with Gasteiger partial charge in [-0.3, -0.25) is 0 Å². The lowest BCUT2D eigenvalue weighted by Gasteiger charge is -2.14. The molecule has 0 aliphatic heterocycles. The number of nitrogens with one attached hydrogen (secondary N) is 2. The monoisotopic (exact) mass is 428 g/mol. The third-order valence-corrected chi connectivity index (χ3v) is 3.73. The van der Waals surface area contributed by atoms with Gasteiger partial charge in [0, 0.05) is 12.2 Å². The van der Waals surface area contributed by atoms with Crippen molar-refractivity contribution in [3.8, 4) is 11.5 Å². The van der Waals surface area contributed by atoms with Crippen LogP contribution in [0.4, 0.5) is 5.69 Å². The summed E-state index contributed by atoms with van der Waals surface area (Å²) in [5, 5.41) is 8.72. The van der Waals surface area contributed by atoms with E-state index in [9.17, 15) is 4.79 Å². The molecule has 0 spiro atoms. The number of hydrogen-bond donors (Lipinski definition) is 3. The van der Waals surface area contributed by atoms with Crippen LogP contribution in [0.1, 0.15) is 5.56 Å². The molecule has 0 saturated heterocycles. The molecule has 0 unspecified atom stereocenters. The highest BCUT2D eigenvalue weighted by Gasteiger charge is 2.13. The number of carboxylic acid groups (broad SMARTS) is 1. The van der Waals surface area contributed by atoms with Gasteiger partial charge in [0.15, 0.2) is 18.1 Å². The number of carboxylic acids is 1. The van der Waals surface area contributed by atoms with Crippen molar-refractivity contribution in [3.05, 3.63) is 51.6 Å². The standard InChI is InChI=1S/C16H17IN2O4/c1-22-14-8-11(7-13(17)16(14)23-10-15(20)21)9-18-19-12-5-3-2-4-6-12/h2-8,18-19H,9-10H2,1H3,(H,20,21). The summed E-state index contributed by atoms with van der Waals surface area (Å²) in [5.74, 6) is -0.0782. The lowest BCUT2D eigenvalue weighted by Crippen LogP contribution is -2.21. The summed E-state index contributed by atoms with van der Waals surface area (Å²) in [4.78, 5) is 10.6. The van der Waals surface area contributed by atoms with Crippen LogP contribution in [0, 0.1) is 3.57 Å². The minimum absolute atomic E-state index is 0.403. The van der Waals surface area contributed by atoms with Gasteiger partial charge >= 0.3 is 5.97 Å². The van der Waals surface area contributed by atoms with Crippen molar-refractivity contribution in [2.45, 2.75) is 6.54 Å². The summed E-state index contributed by atoms with van der Waals surface area (Å²) in [7, 11) is 1.53. The SMILES string of the molecule is COc1cc(CNNc2ccccc2)cc(I)c1OCC(=O)O. The number of rotatable bonds is 8. The van der Waals surface area contributed by atoms with E-state index in [1.165, 1.54) is 7.11 Å². The molecule has 0 heterocycles. The van der Waals surface area contributed by atoms with E-state index in [1.807, 2.05) is 42.5 Å². The molecule has 2 aromatic carbocycles. The van der Waals surface area contributed by atoms with Crippen LogP contribution in [0.15, 0.2) is 42.5 Å². The fraction of sp³-hybridized carbons (Fsp3) is 0.188. The minimum atomic E-state index is -1.03. The lowest BCUT2D eigenvalue weighted by atomic mass is 10.2. The Morgan fingerprint density at radius 1 is 1.26 bits per heavy atom. The maximum Gasteiger partial charge on any atom is 0.341 e. The number of halogens is 1. The van der Waals surface area contributed by atoms with Crippen LogP contribution in [-0.2, 0) is 11.3 Å². The second-order valence-electron chi connectivity index (χ2n) is 4.64. The molecule has 0 radical (unpaired) electrons. The van der Waals surface area contributed by atoms with Gasteiger partial charge < -0.3 is 20.0 Å². The zero-order valence-corrected chi connectivity index (χ0v) is 14.7. The molecule has 6 nitrogen and oxygen atoms in total. The number of carbonyl (C=O) groups is 1. The topological polar surface area (TPSA) is 79.8 Å². The minimum Gasteiger partial charge on any atom is -0.493 e. The maximum absolute atomic E-state index is 10.6. The summed E-state index contributed by atoms with van der Waals surface area (Å²) in [5.41, 5.74) is 8.18. The molecule has 23 heavy (non-hydrogen) atoms. The molecule has 122 valence electrons. The predicted octanol–water partition coefficient (Wildman–Crippen LogP) is 2.88. The highest BCUT2D eigenvalue weighted by atomic mass is 127. The Morgan fingerprint density at radius 3 is 2.65 bits per heavy atom. The van der Waals surface area contributed by atoms with Crippen LogP contribution < -0.4 is 20.3 Å². The average Bonchev–Trinajstić information content (AvgIpc) is 2.54. The van der Waals surface area contributed by atoms with E-state index in [0.29, 0.717) is 18.0 Å². The molecule has 7 heteroatoms. The quantitative estimate of drug-likeness (QED) is 0.444. The average molecular weight is 428 g/mol. The van der Waals surface area contributed by atoms with E-state index in [-0.39, 0.29) is 0 Å². The van der Waals surface area contributed by atoms with Gasteiger partial charge in [-0.25, -0.2) is 10.2 Å². The largest absolute Gasteiger partial charge is 0.493 e. The molecule has 0 fully saturated rings. The predicted molar refractivity (Wildman–Crippen MR) is 95.7 cm³/mol. The molecule has 0 atom stereocenters. The third-order valence-electron chi connectivity index (χ3n) is 2.93. The number of methoxy groups -OCH3 is 1. The smallest absolute Gasteiger partial charge is 0.341 e. The first-order valence-electron chi connectivity index (χ1n) is 6.85. The Hall–Kier alpha value is -2.00. The molecule has 3 N–H and O–H groups in total. The summed E-state index contributed by atoms with van der Waals surface area (Å²) >= 11 is 2.10. The Kier molecular flexibility index (Phi) is 6.48. The molecule has 2 aromatic rings. The zero-order valence-electron chi connectivity index (χ0n) is 12.5. The second-order valence-corrected chi connectivity index (χ2v) is 5.80. The molecule has 0 amide bonds. The fourth-order valence-corrected chi connectivity index (χ4v) is 2.74. The van der Waals surface area contributed by atoms with Gasteiger partial charge in [-0.05, 0) is 52.4 Å². The number of hydrazine groups is 1. The summed E-state index contributed by atoms with van der Waals surface area (Å²) < 4.78 is 11.4. The van der Waals surface area contributed by atoms with Crippen molar-refractivity contribution in [1.82, 2.24) is 5.43 Å². The third kappa shape index (κ3) is 5.29. The summed E-state index contributed by atoms with van der Waals surface area (Å²) in [6.07, 6.45) is 0. The number of anilines is 1. The highest BCUT2D eigenvalue weighted by Crippen LogP contribution is 2.33. The number of ether oxygens (including phenoxy) is 2. The van der Waals surface area contributed by atoms with Gasteiger partial charge in [-0.1, -0.05) is 18.2 Å². The van der Waals surface area contributed by atoms with Gasteiger partial charge in [0.1, 0.15) is 0 Å². The van der Waals surface area contributed by atoms with Crippen LogP contribution in [0.3, 0.4) is 0 Å². The number of benzene rings is 2. The van der Waals surface area contributed by atoms with Crippen LogP contribution in [-0.4, -0.2) is 24.8 Å². The van der Waals surface area contributed by atoms with E-state index in [1.54, 1.807) is 0 Å². The summed E-state index contributed by atoms with van der Waals surface area (Å²) in [6.45, 7) is 0.167. The van der Waals surface area contributed by atoms with Crippen LogP contribution in [0.5, 0.6) is 11.5 Å². The normalized spacial score (nSPS) is 10.2. The van der Waals surface area contributed by atoms with Gasteiger partial charge in [-0.2, -0.15) is 0 Å². The van der Waals surface area contributed by atoms with Crippen molar-refractivity contribution in [1.29, 1.82) is 0 Å². The molecule has 0 aliphatic carbocycles. The second kappa shape index (κ2) is 8.59. The first kappa shape index (κ1) is 17.4. The van der Waals surface area contributed by atoms with E-state index >= 15 is 0 Å². The first-order valence-corrected chi connectivity index (χ1v) is 7.93. The van der Waals surface area contributed by atoms with E-state index < -0.39 is 12.6 Å². The Balaban J connectivity index is 2.02. The summed E-state index contributed by atoms with van der Waals surface area (Å²) in [6, 6.07) is 13.5. The van der Waals surface area contributed by atoms with Gasteiger partial charge in [-0.15, -0.1) is 0 Å². The fourth-order valence-electron chi connectivity index (χ4n) is 1.92. The molecule has 2 rings (SSSR count). The first-order chi connectivity index (χ1) is 11.1. The Bertz CT molecular complexity index is 665. The van der Waals surface area contributed by atoms with Gasteiger partial charge in [0.05, 0.1) is 10.7 Å². The van der Waals surface area contributed by atoms with Gasteiger partial charge in [0.2, 0.25) is 0 Å². The zero-order chi connectivity index (χ0) is 16.7. The van der Waals surface area contributed by atoms with E-state index in [4.69, 9.17) is 14.6 Å². The maximum atomic E-state index is 10.6. The Labute approximate surface area is 147 Å². The molecule has 0 saturated carbocycles. The lowest BCUT2D eigenvalue weighted by molar-refractivity contribution is -0.139. The van der Waals surface area contributed by atoms with Crippen LogP contribution in [0.2, 0.25) is 0 Å². The van der Waals surface area contributed by atoms with Gasteiger partial charge in [0.25, 0.3) is 0 Å². The number of hydrogen-bond acceptors (Lipinski definition) is 5. The highest BCUT2D eigenvalue weighted by molar-refractivity contribution is 14.1.